The highest BCUT2D eigenvalue weighted by Gasteiger charge is 2.34. The number of carbonyl (C=O) groups excluding carboxylic acids is 1. The summed E-state index contributed by atoms with van der Waals surface area (Å²) in [6.07, 6.45) is 2.61. The summed E-state index contributed by atoms with van der Waals surface area (Å²) in [6, 6.07) is 8.98. The number of amides is 1. The third-order valence-corrected chi connectivity index (χ3v) is 5.60. The molecule has 30 heavy (non-hydrogen) atoms. The van der Waals surface area contributed by atoms with Gasteiger partial charge in [0.2, 0.25) is 5.91 Å². The van der Waals surface area contributed by atoms with Gasteiger partial charge in [0, 0.05) is 49.1 Å². The van der Waals surface area contributed by atoms with Gasteiger partial charge < -0.3 is 14.6 Å². The number of nitrogens with zero attached hydrogens (tertiary/aromatic N) is 3. The highest BCUT2D eigenvalue weighted by molar-refractivity contribution is 6.30. The summed E-state index contributed by atoms with van der Waals surface area (Å²) in [4.78, 5) is 24.9. The van der Waals surface area contributed by atoms with Gasteiger partial charge in [0.15, 0.2) is 0 Å². The molecule has 7 nitrogen and oxygen atoms in total. The van der Waals surface area contributed by atoms with Gasteiger partial charge in [-0.15, -0.1) is 0 Å². The molecule has 1 aliphatic rings. The van der Waals surface area contributed by atoms with E-state index in [9.17, 15) is 9.59 Å². The van der Waals surface area contributed by atoms with Gasteiger partial charge in [0.25, 0.3) is 5.56 Å². The van der Waals surface area contributed by atoms with Crippen molar-refractivity contribution >= 4 is 17.5 Å². The van der Waals surface area contributed by atoms with Crippen molar-refractivity contribution in [3.05, 3.63) is 74.9 Å². The number of fused-ring (bicyclic) bond motifs is 3. The summed E-state index contributed by atoms with van der Waals surface area (Å²) in [6.45, 7) is 2.40. The summed E-state index contributed by atoms with van der Waals surface area (Å²) >= 11 is 6.08. The summed E-state index contributed by atoms with van der Waals surface area (Å²) in [5, 5.41) is 7.89. The van der Waals surface area contributed by atoms with Crippen molar-refractivity contribution < 1.29 is 9.53 Å². The zero-order valence-electron chi connectivity index (χ0n) is 17.1. The molecule has 156 valence electrons. The summed E-state index contributed by atoms with van der Waals surface area (Å²) in [5.74, 6) is -0.131. The Bertz CT molecular complexity index is 1150. The predicted octanol–water partition coefficient (Wildman–Crippen LogP) is 3.13. The molecule has 0 bridgehead atoms. The fraction of sp³-hybridized carbons (Fsp3) is 0.318. The first-order valence-electron chi connectivity index (χ1n) is 9.79. The van der Waals surface area contributed by atoms with Crippen LogP contribution in [0.4, 0.5) is 0 Å². The standard InChI is InChI=1S/C22H23ClN4O3/c1-4-24-19(28)10-18-15-9-20(29)26(2)12-17(15)16-11-25-27(3)21(16)22(30-18)13-5-7-14(23)8-6-13/h5-9,11-12,18,22H,4,10H2,1-3H3,(H,24,28). The molecule has 2 atom stereocenters. The van der Waals surface area contributed by atoms with Gasteiger partial charge in [-0.1, -0.05) is 23.7 Å². The fourth-order valence-corrected chi connectivity index (χ4v) is 4.00. The smallest absolute Gasteiger partial charge is 0.250 e. The molecule has 1 N–H and O–H groups in total. The van der Waals surface area contributed by atoms with E-state index in [1.807, 2.05) is 38.2 Å². The van der Waals surface area contributed by atoms with Crippen LogP contribution >= 0.6 is 11.6 Å². The molecule has 3 heterocycles. The van der Waals surface area contributed by atoms with Crippen LogP contribution in [-0.4, -0.2) is 26.8 Å². The van der Waals surface area contributed by atoms with Crippen LogP contribution in [0.3, 0.4) is 0 Å². The molecule has 3 aromatic rings. The Hall–Kier alpha value is -2.90. The molecule has 8 heteroatoms. The van der Waals surface area contributed by atoms with Crippen LogP contribution in [0.5, 0.6) is 0 Å². The van der Waals surface area contributed by atoms with Gasteiger partial charge in [-0.3, -0.25) is 14.3 Å². The summed E-state index contributed by atoms with van der Waals surface area (Å²) in [5.41, 5.74) is 4.00. The average Bonchev–Trinajstić information content (AvgIpc) is 3.03. The molecular weight excluding hydrogens is 404 g/mol. The lowest BCUT2D eigenvalue weighted by Crippen LogP contribution is -2.27. The third kappa shape index (κ3) is 3.66. The number of aryl methyl sites for hydroxylation is 2. The monoisotopic (exact) mass is 426 g/mol. The van der Waals surface area contributed by atoms with Crippen molar-refractivity contribution in [3.63, 3.8) is 0 Å². The minimum absolute atomic E-state index is 0.111. The topological polar surface area (TPSA) is 78.2 Å². The molecule has 0 saturated heterocycles. The Labute approximate surface area is 179 Å². The molecule has 0 radical (unpaired) electrons. The molecular formula is C22H23ClN4O3. The van der Waals surface area contributed by atoms with Crippen molar-refractivity contribution in [1.29, 1.82) is 0 Å². The van der Waals surface area contributed by atoms with E-state index in [0.717, 1.165) is 22.4 Å². The average molecular weight is 427 g/mol. The Kier molecular flexibility index (Phi) is 5.49. The number of hydrogen-bond donors (Lipinski definition) is 1. The number of carbonyl (C=O) groups is 1. The van der Waals surface area contributed by atoms with E-state index in [4.69, 9.17) is 16.3 Å². The van der Waals surface area contributed by atoms with Crippen molar-refractivity contribution in [2.45, 2.75) is 25.6 Å². The van der Waals surface area contributed by atoms with Crippen LogP contribution in [0.2, 0.25) is 5.02 Å². The first-order chi connectivity index (χ1) is 14.4. The first-order valence-corrected chi connectivity index (χ1v) is 10.2. The van der Waals surface area contributed by atoms with Crippen molar-refractivity contribution in [1.82, 2.24) is 19.7 Å². The molecule has 2 aromatic heterocycles. The Balaban J connectivity index is 1.91. The van der Waals surface area contributed by atoms with Gasteiger partial charge in [-0.05, 0) is 30.2 Å². The van der Waals surface area contributed by atoms with Crippen LogP contribution in [0.25, 0.3) is 11.1 Å². The zero-order chi connectivity index (χ0) is 21.4. The minimum atomic E-state index is -0.589. The molecule has 0 spiro atoms. The molecule has 0 saturated carbocycles. The molecule has 0 aliphatic carbocycles. The van der Waals surface area contributed by atoms with Gasteiger partial charge >= 0.3 is 0 Å². The van der Waals surface area contributed by atoms with E-state index in [1.165, 1.54) is 4.57 Å². The highest BCUT2D eigenvalue weighted by Crippen LogP contribution is 2.44. The van der Waals surface area contributed by atoms with E-state index in [-0.39, 0.29) is 17.9 Å². The van der Waals surface area contributed by atoms with Crippen LogP contribution in [0.15, 0.2) is 47.5 Å². The van der Waals surface area contributed by atoms with E-state index >= 15 is 0 Å². The van der Waals surface area contributed by atoms with Crippen LogP contribution in [0.1, 0.15) is 42.4 Å². The largest absolute Gasteiger partial charge is 0.359 e. The van der Waals surface area contributed by atoms with Gasteiger partial charge in [0.05, 0.1) is 24.4 Å². The number of halogens is 1. The molecule has 2 unspecified atom stereocenters. The molecule has 0 fully saturated rings. The molecule has 1 amide bonds. The number of nitrogens with one attached hydrogen (secondary N) is 1. The van der Waals surface area contributed by atoms with Crippen molar-refractivity contribution in [2.24, 2.45) is 14.1 Å². The van der Waals surface area contributed by atoms with E-state index in [1.54, 1.807) is 30.2 Å². The lowest BCUT2D eigenvalue weighted by molar-refractivity contribution is -0.125. The normalized spacial score (nSPS) is 17.7. The second-order valence-corrected chi connectivity index (χ2v) is 7.81. The van der Waals surface area contributed by atoms with Gasteiger partial charge in [-0.2, -0.15) is 5.10 Å². The molecule has 1 aliphatic heterocycles. The number of benzene rings is 1. The number of rotatable bonds is 4. The number of aromatic nitrogens is 3. The Morgan fingerprint density at radius 2 is 1.97 bits per heavy atom. The van der Waals surface area contributed by atoms with Crippen molar-refractivity contribution in [2.75, 3.05) is 6.54 Å². The zero-order valence-corrected chi connectivity index (χ0v) is 17.8. The van der Waals surface area contributed by atoms with Crippen LogP contribution in [0, 0.1) is 0 Å². The quantitative estimate of drug-likeness (QED) is 0.695. The second-order valence-electron chi connectivity index (χ2n) is 7.37. The van der Waals surface area contributed by atoms with Crippen molar-refractivity contribution in [3.8, 4) is 11.1 Å². The lowest BCUT2D eigenvalue weighted by atomic mass is 9.96. The number of hydrogen-bond acceptors (Lipinski definition) is 4. The first kappa shape index (κ1) is 20.4. The maximum Gasteiger partial charge on any atom is 0.250 e. The third-order valence-electron chi connectivity index (χ3n) is 5.35. The highest BCUT2D eigenvalue weighted by atomic mass is 35.5. The Morgan fingerprint density at radius 3 is 2.67 bits per heavy atom. The van der Waals surface area contributed by atoms with Crippen LogP contribution in [-0.2, 0) is 23.6 Å². The maximum atomic E-state index is 12.4. The number of pyridine rings is 1. The van der Waals surface area contributed by atoms with Gasteiger partial charge in [0.1, 0.15) is 6.10 Å². The van der Waals surface area contributed by atoms with Crippen LogP contribution < -0.4 is 10.9 Å². The second kappa shape index (κ2) is 8.08. The van der Waals surface area contributed by atoms with Gasteiger partial charge in [-0.25, -0.2) is 0 Å². The van der Waals surface area contributed by atoms with E-state index in [0.29, 0.717) is 17.1 Å². The fourth-order valence-electron chi connectivity index (χ4n) is 3.87. The summed E-state index contributed by atoms with van der Waals surface area (Å²) in [7, 11) is 3.57. The maximum absolute atomic E-state index is 12.4. The molecule has 1 aromatic carbocycles. The Morgan fingerprint density at radius 1 is 1.23 bits per heavy atom. The predicted molar refractivity (Wildman–Crippen MR) is 114 cm³/mol. The van der Waals surface area contributed by atoms with E-state index < -0.39 is 12.2 Å². The van der Waals surface area contributed by atoms with E-state index in [2.05, 4.69) is 10.4 Å². The minimum Gasteiger partial charge on any atom is -0.359 e. The summed E-state index contributed by atoms with van der Waals surface area (Å²) < 4.78 is 9.83. The molecule has 4 rings (SSSR count). The lowest BCUT2D eigenvalue weighted by Gasteiger charge is -2.24. The number of ether oxygens (including phenoxy) is 1. The SMILES string of the molecule is CCNC(=O)CC1OC(c2ccc(Cl)cc2)c2c(cnn2C)-c2cn(C)c(=O)cc21.